The summed E-state index contributed by atoms with van der Waals surface area (Å²) in [5.74, 6) is 1.55. The van der Waals surface area contributed by atoms with Crippen LogP contribution in [-0.2, 0) is 6.42 Å². The molecule has 6 nitrogen and oxygen atoms in total. The van der Waals surface area contributed by atoms with Crippen LogP contribution in [0.3, 0.4) is 0 Å². The van der Waals surface area contributed by atoms with Crippen LogP contribution >= 0.6 is 0 Å². The van der Waals surface area contributed by atoms with E-state index in [1.165, 1.54) is 101 Å². The van der Waals surface area contributed by atoms with Gasteiger partial charge in [0.15, 0.2) is 0 Å². The zero-order chi connectivity index (χ0) is 29.6. The molecule has 1 saturated carbocycles. The molecule has 0 amide bonds. The van der Waals surface area contributed by atoms with Crippen molar-refractivity contribution in [1.29, 1.82) is 0 Å². The minimum atomic E-state index is 0. The number of allylic oxidation sites excluding steroid dienone is 2. The summed E-state index contributed by atoms with van der Waals surface area (Å²) in [7, 11) is 2.23. The van der Waals surface area contributed by atoms with E-state index in [1.54, 1.807) is 12.4 Å². The number of unbranched alkanes of at least 4 members (excludes halogenated alkanes) is 4. The fourth-order valence-electron chi connectivity index (χ4n) is 5.83. The first-order valence-electron chi connectivity index (χ1n) is 16.1. The van der Waals surface area contributed by atoms with Gasteiger partial charge in [0.2, 0.25) is 5.95 Å². The molecule has 226 valence electrons. The Morgan fingerprint density at radius 2 is 1.64 bits per heavy atom. The topological polar surface area (TPSA) is 66.8 Å². The lowest BCUT2D eigenvalue weighted by atomic mass is 9.91. The highest BCUT2D eigenvalue weighted by Gasteiger charge is 2.21. The molecule has 0 spiro atoms. The van der Waals surface area contributed by atoms with Crippen LogP contribution in [0.5, 0.6) is 0 Å². The van der Waals surface area contributed by atoms with E-state index in [0.717, 1.165) is 40.4 Å². The van der Waals surface area contributed by atoms with Crippen LogP contribution in [0.15, 0.2) is 61.8 Å². The first-order chi connectivity index (χ1) is 20.5. The van der Waals surface area contributed by atoms with E-state index in [1.807, 2.05) is 6.20 Å². The van der Waals surface area contributed by atoms with E-state index in [9.17, 15) is 0 Å². The second kappa shape index (κ2) is 16.9. The predicted molar refractivity (Wildman–Crippen MR) is 179 cm³/mol. The molecule has 1 fully saturated rings. The largest absolute Gasteiger partial charge is 0.322 e. The van der Waals surface area contributed by atoms with Crippen LogP contribution in [0, 0.1) is 5.92 Å². The number of benzene rings is 1. The minimum Gasteiger partial charge on any atom is -0.322 e. The Morgan fingerprint density at radius 1 is 0.929 bits per heavy atom. The Balaban J connectivity index is 0.000000556. The predicted octanol–water partition coefficient (Wildman–Crippen LogP) is 9.14. The molecule has 1 aromatic carbocycles. The highest BCUT2D eigenvalue weighted by atomic mass is 15.1. The van der Waals surface area contributed by atoms with Gasteiger partial charge < -0.3 is 10.2 Å². The third-order valence-corrected chi connectivity index (χ3v) is 8.29. The number of nitrogens with zero attached hydrogens (tertiary/aromatic N) is 5. The van der Waals surface area contributed by atoms with Gasteiger partial charge in [-0.25, -0.2) is 19.9 Å². The van der Waals surface area contributed by atoms with Crippen LogP contribution in [0.25, 0.3) is 11.1 Å². The lowest BCUT2D eigenvalue weighted by Crippen LogP contribution is -2.20. The smallest absolute Gasteiger partial charge is 0.227 e. The van der Waals surface area contributed by atoms with E-state index in [4.69, 9.17) is 0 Å². The first kappa shape index (κ1) is 31.6. The van der Waals surface area contributed by atoms with Crippen LogP contribution in [-0.4, -0.2) is 45.0 Å². The zero-order valence-electron chi connectivity index (χ0n) is 26.1. The average Bonchev–Trinajstić information content (AvgIpc) is 3.34. The van der Waals surface area contributed by atoms with Crippen LogP contribution in [0.4, 0.5) is 11.6 Å². The number of aryl methyl sites for hydroxylation is 1. The summed E-state index contributed by atoms with van der Waals surface area (Å²) in [5.41, 5.74) is 7.22. The fraction of sp³-hybridized carbons (Fsp3) is 0.500. The lowest BCUT2D eigenvalue weighted by molar-refractivity contribution is 0.324. The third-order valence-electron chi connectivity index (χ3n) is 8.29. The molecule has 5 rings (SSSR count). The monoisotopic (exact) mass is 568 g/mol. The summed E-state index contributed by atoms with van der Waals surface area (Å²) in [6.45, 7) is 11.2. The molecule has 6 heteroatoms. The maximum absolute atomic E-state index is 4.68. The van der Waals surface area contributed by atoms with Crippen LogP contribution in [0.1, 0.15) is 108 Å². The number of fused-ring (bicyclic) bond motifs is 1. The number of nitrogens with one attached hydrogen (secondary N) is 1. The maximum Gasteiger partial charge on any atom is 0.227 e. The highest BCUT2D eigenvalue weighted by molar-refractivity contribution is 5.99. The van der Waals surface area contributed by atoms with E-state index in [0.29, 0.717) is 5.95 Å². The van der Waals surface area contributed by atoms with Crippen molar-refractivity contribution in [2.75, 3.05) is 25.5 Å². The first-order valence-corrected chi connectivity index (χ1v) is 16.1. The van der Waals surface area contributed by atoms with Gasteiger partial charge in [-0.15, -0.1) is 0 Å². The molecular weight excluding hydrogens is 516 g/mol. The van der Waals surface area contributed by atoms with Crippen molar-refractivity contribution >= 4 is 22.8 Å². The molecule has 42 heavy (non-hydrogen) atoms. The highest BCUT2D eigenvalue weighted by Crippen LogP contribution is 2.37. The molecule has 2 aliphatic carbocycles. The van der Waals surface area contributed by atoms with Crippen molar-refractivity contribution in [2.24, 2.45) is 5.92 Å². The second-order valence-electron chi connectivity index (χ2n) is 12.1. The number of hydrogen-bond acceptors (Lipinski definition) is 6. The van der Waals surface area contributed by atoms with Gasteiger partial charge in [0, 0.05) is 13.2 Å². The minimum absolute atomic E-state index is 0. The Hall–Kier alpha value is -3.38. The second-order valence-corrected chi connectivity index (χ2v) is 12.1. The molecule has 0 bridgehead atoms. The number of hydrogen-bond donors (Lipinski definition) is 1. The quantitative estimate of drug-likeness (QED) is 0.207. The van der Waals surface area contributed by atoms with Gasteiger partial charge in [-0.05, 0) is 80.1 Å². The molecule has 0 atom stereocenters. The fourth-order valence-corrected chi connectivity index (χ4v) is 5.83. The standard InChI is InChI=1S/C29H36N6.C7H14.H2/c1-4-15-35(3)16-9-7-5-6-8-10-23-11-13-24(14-12-23)26-17-22(2)28-27(26)20-32-29(34-28)33-25-18-30-21-31-19-25;1-7-5-3-2-4-6-7;/h11-14,17-21H,2,4-10,15-16H2,1,3H3,(H,32,33,34);7H,2-6H2,1H3;1H. The summed E-state index contributed by atoms with van der Waals surface area (Å²) in [4.78, 5) is 19.7. The number of aromatic nitrogens is 4. The van der Waals surface area contributed by atoms with Crippen molar-refractivity contribution in [3.05, 3.63) is 84.2 Å². The molecule has 0 aliphatic heterocycles. The Labute approximate surface area is 255 Å². The average molecular weight is 569 g/mol. The molecule has 0 radical (unpaired) electrons. The van der Waals surface area contributed by atoms with Crippen LogP contribution in [0.2, 0.25) is 0 Å². The SMILES string of the molecule is C=C1C=C(c2ccc(CCCCCCCN(C)CCC)cc2)c2cnc(Nc3cncnc3)nc21.CC1CCCCC1.[HH]. The maximum atomic E-state index is 4.68. The van der Waals surface area contributed by atoms with Crippen molar-refractivity contribution in [2.45, 2.75) is 90.9 Å². The van der Waals surface area contributed by atoms with Gasteiger partial charge >= 0.3 is 0 Å². The van der Waals surface area contributed by atoms with Gasteiger partial charge in [-0.2, -0.15) is 0 Å². The molecule has 0 saturated heterocycles. The summed E-state index contributed by atoms with van der Waals surface area (Å²) in [6, 6.07) is 8.92. The molecule has 1 N–H and O–H groups in total. The summed E-state index contributed by atoms with van der Waals surface area (Å²) >= 11 is 0. The Kier molecular flexibility index (Phi) is 12.7. The summed E-state index contributed by atoms with van der Waals surface area (Å²) in [6.07, 6.45) is 25.2. The molecule has 2 heterocycles. The third kappa shape index (κ3) is 9.87. The van der Waals surface area contributed by atoms with Crippen molar-refractivity contribution < 1.29 is 1.43 Å². The van der Waals surface area contributed by atoms with Gasteiger partial charge in [0.25, 0.3) is 0 Å². The van der Waals surface area contributed by atoms with E-state index in [2.05, 4.69) is 88.0 Å². The van der Waals surface area contributed by atoms with Crippen molar-refractivity contribution in [3.63, 3.8) is 0 Å². The van der Waals surface area contributed by atoms with Crippen molar-refractivity contribution in [3.8, 4) is 0 Å². The van der Waals surface area contributed by atoms with Gasteiger partial charge in [0.05, 0.1) is 23.8 Å². The number of anilines is 2. The number of rotatable bonds is 13. The van der Waals surface area contributed by atoms with Gasteiger partial charge in [-0.1, -0.05) is 96.1 Å². The molecule has 0 unspecified atom stereocenters. The summed E-state index contributed by atoms with van der Waals surface area (Å²) in [5, 5.41) is 3.15. The van der Waals surface area contributed by atoms with Crippen LogP contribution < -0.4 is 5.32 Å². The van der Waals surface area contributed by atoms with Gasteiger partial charge in [0.1, 0.15) is 6.33 Å². The normalized spacial score (nSPS) is 14.8. The Morgan fingerprint density at radius 3 is 2.33 bits per heavy atom. The van der Waals surface area contributed by atoms with E-state index < -0.39 is 0 Å². The molecule has 2 aliphatic rings. The summed E-state index contributed by atoms with van der Waals surface area (Å²) < 4.78 is 0. The Bertz CT molecular complexity index is 1270. The van der Waals surface area contributed by atoms with E-state index in [-0.39, 0.29) is 1.43 Å². The van der Waals surface area contributed by atoms with E-state index >= 15 is 0 Å². The zero-order valence-corrected chi connectivity index (χ0v) is 26.1. The molecular formula is C36H52N6. The molecule has 3 aromatic rings. The molecule has 2 aromatic heterocycles. The van der Waals surface area contributed by atoms with Gasteiger partial charge in [-0.3, -0.25) is 0 Å². The van der Waals surface area contributed by atoms with Crippen molar-refractivity contribution in [1.82, 2.24) is 24.8 Å². The lowest BCUT2D eigenvalue weighted by Gasteiger charge is -2.15.